The second-order valence-electron chi connectivity index (χ2n) is 5.18. The Kier molecular flexibility index (Phi) is 11.3. The molecule has 19 heavy (non-hydrogen) atoms. The van der Waals surface area contributed by atoms with Gasteiger partial charge in [0, 0.05) is 25.4 Å². The molecule has 0 amide bonds. The molecule has 1 rings (SSSR count). The van der Waals surface area contributed by atoms with Crippen LogP contribution in [0.25, 0.3) is 0 Å². The Bertz CT molecular complexity index is 253. The summed E-state index contributed by atoms with van der Waals surface area (Å²) in [6.45, 7) is 7.35. The second kappa shape index (κ2) is 11.1. The lowest BCUT2D eigenvalue weighted by molar-refractivity contribution is 0.297. The molecule has 0 aromatic rings. The Morgan fingerprint density at radius 3 is 2.42 bits per heavy atom. The van der Waals surface area contributed by atoms with Crippen LogP contribution >= 0.6 is 35.7 Å². The zero-order valence-corrected chi connectivity index (χ0v) is 15.8. The van der Waals surface area contributed by atoms with Crippen LogP contribution in [0.15, 0.2) is 4.99 Å². The van der Waals surface area contributed by atoms with Crippen molar-refractivity contribution in [1.29, 1.82) is 0 Å². The average Bonchev–Trinajstić information content (AvgIpc) is 2.86. The molecule has 2 N–H and O–H groups in total. The highest BCUT2D eigenvalue weighted by Crippen LogP contribution is 2.41. The number of hydrogen-bond acceptors (Lipinski definition) is 2. The zero-order chi connectivity index (χ0) is 13.3. The Hall–Kier alpha value is 0.350. The summed E-state index contributed by atoms with van der Waals surface area (Å²) in [7, 11) is 0. The minimum absolute atomic E-state index is 0. The molecule has 0 unspecified atom stereocenters. The van der Waals surface area contributed by atoms with E-state index in [9.17, 15) is 0 Å². The number of nitrogens with zero attached hydrogens (tertiary/aromatic N) is 1. The van der Waals surface area contributed by atoms with Crippen LogP contribution in [0.3, 0.4) is 0 Å². The molecular weight excluding hydrogens is 369 g/mol. The van der Waals surface area contributed by atoms with Crippen LogP contribution in [0.5, 0.6) is 0 Å². The molecule has 0 aromatic carbocycles. The van der Waals surface area contributed by atoms with Crippen molar-refractivity contribution in [1.82, 2.24) is 10.6 Å². The van der Waals surface area contributed by atoms with Gasteiger partial charge >= 0.3 is 0 Å². The van der Waals surface area contributed by atoms with Gasteiger partial charge in [-0.05, 0) is 37.9 Å². The van der Waals surface area contributed by atoms with Gasteiger partial charge in [0.05, 0.1) is 0 Å². The maximum Gasteiger partial charge on any atom is 0.191 e. The van der Waals surface area contributed by atoms with E-state index >= 15 is 0 Å². The first-order valence-corrected chi connectivity index (χ1v) is 8.67. The summed E-state index contributed by atoms with van der Waals surface area (Å²) >= 11 is 1.86. The minimum Gasteiger partial charge on any atom is -0.357 e. The number of halogens is 1. The quantitative estimate of drug-likeness (QED) is 0.298. The van der Waals surface area contributed by atoms with Crippen molar-refractivity contribution in [3.05, 3.63) is 0 Å². The number of nitrogens with one attached hydrogen (secondary N) is 2. The van der Waals surface area contributed by atoms with Crippen LogP contribution in [0.2, 0.25) is 0 Å². The van der Waals surface area contributed by atoms with Crippen LogP contribution in [-0.4, -0.2) is 37.6 Å². The lowest BCUT2D eigenvalue weighted by Gasteiger charge is -2.25. The topological polar surface area (TPSA) is 36.4 Å². The first-order valence-electron chi connectivity index (χ1n) is 7.27. The van der Waals surface area contributed by atoms with Crippen molar-refractivity contribution in [3.63, 3.8) is 0 Å². The van der Waals surface area contributed by atoms with Crippen molar-refractivity contribution >= 4 is 41.7 Å². The van der Waals surface area contributed by atoms with Gasteiger partial charge < -0.3 is 10.6 Å². The highest BCUT2D eigenvalue weighted by atomic mass is 127. The van der Waals surface area contributed by atoms with Crippen LogP contribution in [0.4, 0.5) is 0 Å². The molecular formula is C14H30IN3S. The predicted octanol–water partition coefficient (Wildman–Crippen LogP) is 3.49. The van der Waals surface area contributed by atoms with Crippen molar-refractivity contribution in [2.45, 2.75) is 46.0 Å². The van der Waals surface area contributed by atoms with Gasteiger partial charge in [0.25, 0.3) is 0 Å². The maximum absolute atomic E-state index is 4.80. The van der Waals surface area contributed by atoms with E-state index in [4.69, 9.17) is 4.99 Å². The van der Waals surface area contributed by atoms with E-state index in [0.717, 1.165) is 31.3 Å². The van der Waals surface area contributed by atoms with Gasteiger partial charge in [-0.2, -0.15) is 11.8 Å². The van der Waals surface area contributed by atoms with Gasteiger partial charge in [0.15, 0.2) is 5.96 Å². The summed E-state index contributed by atoms with van der Waals surface area (Å²) in [6, 6.07) is 0. The number of rotatable bonds is 7. The minimum atomic E-state index is 0. The number of guanidine groups is 1. The molecule has 3 nitrogen and oxygen atoms in total. The van der Waals surface area contributed by atoms with E-state index in [1.54, 1.807) is 0 Å². The van der Waals surface area contributed by atoms with Gasteiger partial charge in [0.1, 0.15) is 0 Å². The van der Waals surface area contributed by atoms with Crippen molar-refractivity contribution in [3.8, 4) is 0 Å². The van der Waals surface area contributed by atoms with E-state index < -0.39 is 0 Å². The molecule has 1 saturated carbocycles. The van der Waals surface area contributed by atoms with E-state index in [2.05, 4.69) is 30.7 Å². The van der Waals surface area contributed by atoms with E-state index in [1.165, 1.54) is 32.1 Å². The summed E-state index contributed by atoms with van der Waals surface area (Å²) < 4.78 is 0. The lowest BCUT2D eigenvalue weighted by atomic mass is 9.84. The molecule has 114 valence electrons. The normalized spacial score (nSPS) is 17.9. The molecule has 0 aromatic heterocycles. The lowest BCUT2D eigenvalue weighted by Crippen LogP contribution is -2.39. The van der Waals surface area contributed by atoms with Crippen LogP contribution in [0, 0.1) is 5.41 Å². The van der Waals surface area contributed by atoms with Crippen molar-refractivity contribution < 1.29 is 0 Å². The molecule has 1 aliphatic carbocycles. The highest BCUT2D eigenvalue weighted by Gasteiger charge is 2.31. The zero-order valence-electron chi connectivity index (χ0n) is 12.6. The number of thioether (sulfide) groups is 1. The van der Waals surface area contributed by atoms with Crippen molar-refractivity contribution in [2.75, 3.05) is 31.6 Å². The summed E-state index contributed by atoms with van der Waals surface area (Å²) in [5.41, 5.74) is 0.488. The van der Waals surface area contributed by atoms with Crippen LogP contribution in [0.1, 0.15) is 46.0 Å². The molecule has 0 aliphatic heterocycles. The molecule has 0 atom stereocenters. The summed E-state index contributed by atoms with van der Waals surface area (Å²) in [4.78, 5) is 4.80. The monoisotopic (exact) mass is 399 g/mol. The molecule has 5 heteroatoms. The molecule has 0 bridgehead atoms. The first kappa shape index (κ1) is 19.4. The van der Waals surface area contributed by atoms with Gasteiger partial charge in [-0.1, -0.05) is 19.8 Å². The maximum atomic E-state index is 4.80. The Morgan fingerprint density at radius 1 is 1.21 bits per heavy atom. The third-order valence-electron chi connectivity index (χ3n) is 3.93. The summed E-state index contributed by atoms with van der Waals surface area (Å²) in [5, 5.41) is 6.74. The fourth-order valence-corrected chi connectivity index (χ4v) is 2.91. The number of aliphatic imine (C=N–C) groups is 1. The molecule has 0 radical (unpaired) electrons. The third kappa shape index (κ3) is 7.06. The molecule has 0 spiro atoms. The van der Waals surface area contributed by atoms with E-state index in [0.29, 0.717) is 5.41 Å². The Labute approximate surface area is 140 Å². The fourth-order valence-electron chi connectivity index (χ4n) is 2.61. The fraction of sp³-hybridized carbons (Fsp3) is 0.929. The Morgan fingerprint density at radius 2 is 1.89 bits per heavy atom. The molecule has 0 heterocycles. The first-order chi connectivity index (χ1) is 8.76. The summed E-state index contributed by atoms with van der Waals surface area (Å²) in [6.07, 6.45) is 8.89. The van der Waals surface area contributed by atoms with Gasteiger partial charge in [-0.25, -0.2) is 0 Å². The van der Waals surface area contributed by atoms with Gasteiger partial charge in [0.2, 0.25) is 0 Å². The molecule has 1 aliphatic rings. The smallest absolute Gasteiger partial charge is 0.191 e. The molecule has 0 saturated heterocycles. The third-order valence-corrected chi connectivity index (χ3v) is 4.54. The predicted molar refractivity (Wildman–Crippen MR) is 99.0 cm³/mol. The largest absolute Gasteiger partial charge is 0.357 e. The second-order valence-corrected chi connectivity index (χ2v) is 6.16. The van der Waals surface area contributed by atoms with E-state index in [1.807, 2.05) is 11.8 Å². The average molecular weight is 399 g/mol. The standard InChI is InChI=1S/C14H29N3S.HI/c1-4-14(8-6-7-9-14)12-17-13(15-5-2)16-10-11-18-3;/h4-12H2,1-3H3,(H2,15,16,17);1H. The van der Waals surface area contributed by atoms with Gasteiger partial charge in [-0.3, -0.25) is 4.99 Å². The van der Waals surface area contributed by atoms with Crippen LogP contribution < -0.4 is 10.6 Å². The van der Waals surface area contributed by atoms with E-state index in [-0.39, 0.29) is 24.0 Å². The SMILES string of the molecule is CCNC(=NCC1(CC)CCCC1)NCCSC.I. The van der Waals surface area contributed by atoms with Crippen LogP contribution in [-0.2, 0) is 0 Å². The highest BCUT2D eigenvalue weighted by molar-refractivity contribution is 14.0. The number of hydrogen-bond donors (Lipinski definition) is 2. The molecule has 1 fully saturated rings. The van der Waals surface area contributed by atoms with Crippen molar-refractivity contribution in [2.24, 2.45) is 10.4 Å². The van der Waals surface area contributed by atoms with Gasteiger partial charge in [-0.15, -0.1) is 24.0 Å². The summed E-state index contributed by atoms with van der Waals surface area (Å²) in [5.74, 6) is 2.12. The Balaban J connectivity index is 0.00000324.